The van der Waals surface area contributed by atoms with Crippen molar-refractivity contribution in [3.8, 4) is 0 Å². The topological polar surface area (TPSA) is 77.2 Å². The van der Waals surface area contributed by atoms with Gasteiger partial charge in [-0.2, -0.15) is 4.98 Å². The first-order valence-corrected chi connectivity index (χ1v) is 8.11. The van der Waals surface area contributed by atoms with Crippen LogP contribution in [0.25, 0.3) is 0 Å². The molecular formula is C15H19N3O3S. The van der Waals surface area contributed by atoms with Crippen molar-refractivity contribution in [1.29, 1.82) is 0 Å². The lowest BCUT2D eigenvalue weighted by Gasteiger charge is -2.27. The zero-order chi connectivity index (χ0) is 15.7. The summed E-state index contributed by atoms with van der Waals surface area (Å²) >= 11 is 1.41. The van der Waals surface area contributed by atoms with Crippen molar-refractivity contribution in [1.82, 2.24) is 15.5 Å². The molecule has 1 aliphatic rings. The van der Waals surface area contributed by atoms with Crippen LogP contribution in [0.2, 0.25) is 0 Å². The Kier molecular flexibility index (Phi) is 4.01. The van der Waals surface area contributed by atoms with Crippen molar-refractivity contribution >= 4 is 17.2 Å². The van der Waals surface area contributed by atoms with Crippen LogP contribution >= 0.6 is 11.3 Å². The molecule has 1 N–H and O–H groups in total. The van der Waals surface area contributed by atoms with Crippen LogP contribution in [0.5, 0.6) is 0 Å². The van der Waals surface area contributed by atoms with Gasteiger partial charge in [0.1, 0.15) is 5.54 Å². The number of nitrogens with one attached hydrogen (secondary N) is 1. The van der Waals surface area contributed by atoms with Gasteiger partial charge in [-0.1, -0.05) is 5.16 Å². The fourth-order valence-electron chi connectivity index (χ4n) is 2.61. The van der Waals surface area contributed by atoms with Crippen molar-refractivity contribution < 1.29 is 14.1 Å². The zero-order valence-electron chi connectivity index (χ0n) is 12.9. The van der Waals surface area contributed by atoms with Gasteiger partial charge < -0.3 is 14.6 Å². The van der Waals surface area contributed by atoms with E-state index in [0.717, 1.165) is 18.4 Å². The summed E-state index contributed by atoms with van der Waals surface area (Å²) in [7, 11) is 1.62. The first-order valence-electron chi connectivity index (χ1n) is 7.23. The van der Waals surface area contributed by atoms with E-state index in [2.05, 4.69) is 15.5 Å². The third-order valence-corrected chi connectivity index (χ3v) is 4.97. The first-order chi connectivity index (χ1) is 10.5. The maximum Gasteiger partial charge on any atom is 0.262 e. The quantitative estimate of drug-likeness (QED) is 0.885. The second-order valence-electron chi connectivity index (χ2n) is 5.78. The van der Waals surface area contributed by atoms with E-state index < -0.39 is 5.54 Å². The number of thiophene rings is 1. The summed E-state index contributed by atoms with van der Waals surface area (Å²) in [6.45, 7) is 4.14. The molecule has 1 aliphatic carbocycles. The number of methoxy groups -OCH3 is 1. The Balaban J connectivity index is 1.85. The number of carbonyl (C=O) groups is 1. The Morgan fingerprint density at radius 2 is 2.36 bits per heavy atom. The molecule has 1 fully saturated rings. The molecule has 1 atom stereocenters. The number of amides is 1. The van der Waals surface area contributed by atoms with E-state index in [9.17, 15) is 4.79 Å². The van der Waals surface area contributed by atoms with Crippen molar-refractivity contribution in [2.24, 2.45) is 5.92 Å². The molecule has 2 aromatic heterocycles. The van der Waals surface area contributed by atoms with Gasteiger partial charge in [0.05, 0.1) is 11.5 Å². The lowest BCUT2D eigenvalue weighted by Crippen LogP contribution is -2.46. The Hall–Kier alpha value is -1.73. The van der Waals surface area contributed by atoms with E-state index in [1.807, 2.05) is 18.4 Å². The maximum absolute atomic E-state index is 12.7. The normalized spacial score (nSPS) is 17.2. The standard InChI is InChI=1S/C15H19N3O3S/c1-9-16-14(18-21-9)15(2,11-4-5-11)17-13(19)12-10(8-20-3)6-7-22-12/h6-7,11H,4-5,8H2,1-3H3,(H,17,19). The highest BCUT2D eigenvalue weighted by Crippen LogP contribution is 2.44. The number of ether oxygens (including phenoxy) is 1. The van der Waals surface area contributed by atoms with Crippen molar-refractivity contribution in [2.75, 3.05) is 7.11 Å². The SMILES string of the molecule is COCc1ccsc1C(=O)NC(C)(c1noc(C)n1)C1CC1. The second kappa shape index (κ2) is 5.81. The fraction of sp³-hybridized carbons (Fsp3) is 0.533. The number of aromatic nitrogens is 2. The minimum Gasteiger partial charge on any atom is -0.380 e. The van der Waals surface area contributed by atoms with Crippen LogP contribution in [-0.4, -0.2) is 23.2 Å². The average molecular weight is 321 g/mol. The van der Waals surface area contributed by atoms with Crippen LogP contribution in [0.15, 0.2) is 16.0 Å². The van der Waals surface area contributed by atoms with E-state index in [0.29, 0.717) is 29.1 Å². The Morgan fingerprint density at radius 1 is 1.59 bits per heavy atom. The molecule has 118 valence electrons. The van der Waals surface area contributed by atoms with E-state index >= 15 is 0 Å². The summed E-state index contributed by atoms with van der Waals surface area (Å²) in [6.07, 6.45) is 2.11. The third-order valence-electron chi connectivity index (χ3n) is 4.01. The summed E-state index contributed by atoms with van der Waals surface area (Å²) in [6, 6.07) is 1.91. The molecule has 6 nitrogen and oxygen atoms in total. The summed E-state index contributed by atoms with van der Waals surface area (Å²) in [5, 5.41) is 9.04. The smallest absolute Gasteiger partial charge is 0.262 e. The van der Waals surface area contributed by atoms with Crippen LogP contribution in [0.1, 0.15) is 46.7 Å². The second-order valence-corrected chi connectivity index (χ2v) is 6.69. The predicted octanol–water partition coefficient (Wildman–Crippen LogP) is 2.64. The highest BCUT2D eigenvalue weighted by Gasteiger charge is 2.47. The van der Waals surface area contributed by atoms with Gasteiger partial charge in [-0.15, -0.1) is 11.3 Å². The van der Waals surface area contributed by atoms with E-state index in [-0.39, 0.29) is 5.91 Å². The van der Waals surface area contributed by atoms with Crippen LogP contribution in [0.4, 0.5) is 0 Å². The molecule has 3 rings (SSSR count). The van der Waals surface area contributed by atoms with Gasteiger partial charge in [-0.25, -0.2) is 0 Å². The van der Waals surface area contributed by atoms with Gasteiger partial charge in [-0.05, 0) is 37.1 Å². The lowest BCUT2D eigenvalue weighted by atomic mass is 9.94. The van der Waals surface area contributed by atoms with Gasteiger partial charge in [0.15, 0.2) is 5.82 Å². The fourth-order valence-corrected chi connectivity index (χ4v) is 3.41. The van der Waals surface area contributed by atoms with Gasteiger partial charge in [-0.3, -0.25) is 4.79 Å². The summed E-state index contributed by atoms with van der Waals surface area (Å²) in [5.74, 6) is 1.29. The number of hydrogen-bond acceptors (Lipinski definition) is 6. The molecule has 22 heavy (non-hydrogen) atoms. The van der Waals surface area contributed by atoms with Crippen molar-refractivity contribution in [3.63, 3.8) is 0 Å². The van der Waals surface area contributed by atoms with Gasteiger partial charge in [0.25, 0.3) is 5.91 Å². The van der Waals surface area contributed by atoms with Crippen LogP contribution in [0, 0.1) is 12.8 Å². The van der Waals surface area contributed by atoms with Gasteiger partial charge in [0, 0.05) is 19.6 Å². The van der Waals surface area contributed by atoms with Gasteiger partial charge in [0.2, 0.25) is 5.89 Å². The molecule has 7 heteroatoms. The van der Waals surface area contributed by atoms with Gasteiger partial charge >= 0.3 is 0 Å². The number of rotatable bonds is 6. The average Bonchev–Trinajstić information content (AvgIpc) is 3.09. The maximum atomic E-state index is 12.7. The summed E-state index contributed by atoms with van der Waals surface area (Å²) in [5.41, 5.74) is 0.302. The van der Waals surface area contributed by atoms with Crippen LogP contribution in [-0.2, 0) is 16.9 Å². The summed E-state index contributed by atoms with van der Waals surface area (Å²) in [4.78, 5) is 17.7. The summed E-state index contributed by atoms with van der Waals surface area (Å²) < 4.78 is 10.2. The predicted molar refractivity (Wildman–Crippen MR) is 81.6 cm³/mol. The molecule has 2 heterocycles. The van der Waals surface area contributed by atoms with E-state index in [1.54, 1.807) is 14.0 Å². The molecule has 0 aromatic carbocycles. The molecule has 1 saturated carbocycles. The van der Waals surface area contributed by atoms with E-state index in [4.69, 9.17) is 9.26 Å². The minimum atomic E-state index is -0.594. The molecule has 1 unspecified atom stereocenters. The molecule has 0 aliphatic heterocycles. The Labute approximate surface area is 132 Å². The molecule has 0 saturated heterocycles. The monoisotopic (exact) mass is 321 g/mol. The number of carbonyl (C=O) groups excluding carboxylic acids is 1. The van der Waals surface area contributed by atoms with E-state index in [1.165, 1.54) is 11.3 Å². The molecule has 0 radical (unpaired) electrons. The van der Waals surface area contributed by atoms with Crippen molar-refractivity contribution in [3.05, 3.63) is 33.6 Å². The molecule has 0 bridgehead atoms. The molecule has 1 amide bonds. The Morgan fingerprint density at radius 3 is 2.95 bits per heavy atom. The zero-order valence-corrected chi connectivity index (χ0v) is 13.7. The van der Waals surface area contributed by atoms with Crippen LogP contribution < -0.4 is 5.32 Å². The highest BCUT2D eigenvalue weighted by atomic mass is 32.1. The number of nitrogens with zero attached hydrogens (tertiary/aromatic N) is 2. The molecule has 0 spiro atoms. The third kappa shape index (κ3) is 2.78. The lowest BCUT2D eigenvalue weighted by molar-refractivity contribution is 0.0885. The number of hydrogen-bond donors (Lipinski definition) is 1. The largest absolute Gasteiger partial charge is 0.380 e. The van der Waals surface area contributed by atoms with Crippen LogP contribution in [0.3, 0.4) is 0 Å². The van der Waals surface area contributed by atoms with Crippen molar-refractivity contribution in [2.45, 2.75) is 38.8 Å². The molecule has 2 aromatic rings. The molecular weight excluding hydrogens is 302 g/mol. The number of aryl methyl sites for hydroxylation is 1. The Bertz CT molecular complexity index is 677. The first kappa shape index (κ1) is 15.2. The highest BCUT2D eigenvalue weighted by molar-refractivity contribution is 7.12. The minimum absolute atomic E-state index is 0.112.